The van der Waals surface area contributed by atoms with Crippen molar-refractivity contribution in [3.05, 3.63) is 0 Å². The summed E-state index contributed by atoms with van der Waals surface area (Å²) in [6.07, 6.45) is 1.23. The molecule has 0 saturated heterocycles. The van der Waals surface area contributed by atoms with Crippen molar-refractivity contribution in [3.63, 3.8) is 0 Å². The first kappa shape index (κ1) is 10.9. The van der Waals surface area contributed by atoms with Crippen LogP contribution in [0, 0.1) is 0 Å². The molecule has 0 unspecified atom stereocenters. The molecule has 0 aliphatic rings. The first-order valence-electron chi connectivity index (χ1n) is 4.39. The Kier molecular flexibility index (Phi) is 4.69. The summed E-state index contributed by atoms with van der Waals surface area (Å²) in [5, 5.41) is 3.29. The third-order valence-electron chi connectivity index (χ3n) is 1.95. The van der Waals surface area contributed by atoms with Crippen molar-refractivity contribution in [2.75, 3.05) is 27.2 Å². The minimum atomic E-state index is 0.240. The minimum absolute atomic E-state index is 0.240. The lowest BCUT2D eigenvalue weighted by Crippen LogP contribution is -2.46. The minimum Gasteiger partial charge on any atom is -0.314 e. The molecule has 0 amide bonds. The molecule has 11 heavy (non-hydrogen) atoms. The van der Waals surface area contributed by atoms with Gasteiger partial charge in [-0.15, -0.1) is 0 Å². The van der Waals surface area contributed by atoms with Gasteiger partial charge < -0.3 is 10.2 Å². The van der Waals surface area contributed by atoms with Crippen LogP contribution < -0.4 is 5.32 Å². The fourth-order valence-corrected chi connectivity index (χ4v) is 1.21. The van der Waals surface area contributed by atoms with Gasteiger partial charge in [0.15, 0.2) is 0 Å². The second-order valence-corrected chi connectivity index (χ2v) is 3.87. The molecule has 2 nitrogen and oxygen atoms in total. The third-order valence-corrected chi connectivity index (χ3v) is 1.95. The molecular formula is C9H22N2. The van der Waals surface area contributed by atoms with Crippen molar-refractivity contribution in [3.8, 4) is 0 Å². The van der Waals surface area contributed by atoms with Crippen molar-refractivity contribution in [1.82, 2.24) is 10.2 Å². The van der Waals surface area contributed by atoms with Gasteiger partial charge in [0.1, 0.15) is 0 Å². The van der Waals surface area contributed by atoms with Crippen molar-refractivity contribution >= 4 is 0 Å². The predicted octanol–water partition coefficient (Wildman–Crippen LogP) is 1.33. The number of rotatable bonds is 5. The summed E-state index contributed by atoms with van der Waals surface area (Å²) in [7, 11) is 4.18. The molecule has 0 radical (unpaired) electrons. The maximum absolute atomic E-state index is 3.29. The van der Waals surface area contributed by atoms with Crippen LogP contribution in [-0.2, 0) is 0 Å². The van der Waals surface area contributed by atoms with E-state index in [0.717, 1.165) is 6.54 Å². The van der Waals surface area contributed by atoms with Crippen molar-refractivity contribution in [1.29, 1.82) is 0 Å². The number of hydrogen-bond donors (Lipinski definition) is 1. The first-order chi connectivity index (χ1) is 5.02. The SMILES string of the molecule is CCCN(C)CC(C)(C)NC. The highest BCUT2D eigenvalue weighted by atomic mass is 15.1. The number of nitrogens with one attached hydrogen (secondary N) is 1. The molecule has 0 spiro atoms. The van der Waals surface area contributed by atoms with Gasteiger partial charge in [0.25, 0.3) is 0 Å². The van der Waals surface area contributed by atoms with Crippen molar-refractivity contribution in [2.24, 2.45) is 0 Å². The monoisotopic (exact) mass is 158 g/mol. The van der Waals surface area contributed by atoms with Gasteiger partial charge in [-0.3, -0.25) is 0 Å². The van der Waals surface area contributed by atoms with E-state index in [1.54, 1.807) is 0 Å². The van der Waals surface area contributed by atoms with Gasteiger partial charge in [-0.2, -0.15) is 0 Å². The van der Waals surface area contributed by atoms with Crippen LogP contribution in [0.25, 0.3) is 0 Å². The molecule has 0 aliphatic carbocycles. The Hall–Kier alpha value is -0.0800. The molecule has 0 heterocycles. The Morgan fingerprint density at radius 3 is 2.27 bits per heavy atom. The average molecular weight is 158 g/mol. The van der Waals surface area contributed by atoms with Crippen LogP contribution in [0.15, 0.2) is 0 Å². The molecule has 0 aromatic rings. The van der Waals surface area contributed by atoms with Crippen LogP contribution in [0.2, 0.25) is 0 Å². The Bertz CT molecular complexity index is 99.7. The first-order valence-corrected chi connectivity index (χ1v) is 4.39. The molecule has 0 atom stereocenters. The predicted molar refractivity (Wildman–Crippen MR) is 50.9 cm³/mol. The number of hydrogen-bond acceptors (Lipinski definition) is 2. The number of nitrogens with zero attached hydrogens (tertiary/aromatic N) is 1. The lowest BCUT2D eigenvalue weighted by atomic mass is 10.1. The van der Waals surface area contributed by atoms with Gasteiger partial charge >= 0.3 is 0 Å². The molecular weight excluding hydrogens is 136 g/mol. The van der Waals surface area contributed by atoms with Crippen LogP contribution in [0.3, 0.4) is 0 Å². The van der Waals surface area contributed by atoms with E-state index in [2.05, 4.69) is 38.0 Å². The smallest absolute Gasteiger partial charge is 0.0249 e. The Morgan fingerprint density at radius 2 is 1.91 bits per heavy atom. The van der Waals surface area contributed by atoms with E-state index < -0.39 is 0 Å². The van der Waals surface area contributed by atoms with E-state index in [1.807, 2.05) is 7.05 Å². The highest BCUT2D eigenvalue weighted by Gasteiger charge is 2.16. The Labute approximate surface area is 71.0 Å². The molecule has 1 N–H and O–H groups in total. The van der Waals surface area contributed by atoms with Gasteiger partial charge in [-0.05, 0) is 40.9 Å². The molecule has 0 fully saturated rings. The fourth-order valence-electron chi connectivity index (χ4n) is 1.21. The van der Waals surface area contributed by atoms with E-state index in [1.165, 1.54) is 13.0 Å². The summed E-state index contributed by atoms with van der Waals surface area (Å²) >= 11 is 0. The summed E-state index contributed by atoms with van der Waals surface area (Å²) < 4.78 is 0. The Morgan fingerprint density at radius 1 is 1.36 bits per heavy atom. The molecule has 0 bridgehead atoms. The maximum Gasteiger partial charge on any atom is 0.0249 e. The molecule has 0 rings (SSSR count). The quantitative estimate of drug-likeness (QED) is 0.649. The zero-order chi connectivity index (χ0) is 8.91. The van der Waals surface area contributed by atoms with Crippen molar-refractivity contribution in [2.45, 2.75) is 32.7 Å². The average Bonchev–Trinajstić information content (AvgIpc) is 1.87. The van der Waals surface area contributed by atoms with Gasteiger partial charge in [0.05, 0.1) is 0 Å². The third kappa shape index (κ3) is 5.22. The molecule has 0 aromatic heterocycles. The van der Waals surface area contributed by atoms with Crippen LogP contribution in [-0.4, -0.2) is 37.6 Å². The van der Waals surface area contributed by atoms with Crippen molar-refractivity contribution < 1.29 is 0 Å². The summed E-state index contributed by atoms with van der Waals surface area (Å²) in [4.78, 5) is 2.36. The van der Waals surface area contributed by atoms with Gasteiger partial charge in [-0.1, -0.05) is 6.92 Å². The van der Waals surface area contributed by atoms with E-state index in [-0.39, 0.29) is 5.54 Å². The van der Waals surface area contributed by atoms with Crippen LogP contribution >= 0.6 is 0 Å². The lowest BCUT2D eigenvalue weighted by Gasteiger charge is -2.29. The van der Waals surface area contributed by atoms with E-state index in [4.69, 9.17) is 0 Å². The maximum atomic E-state index is 3.29. The summed E-state index contributed by atoms with van der Waals surface area (Å²) in [5.41, 5.74) is 0.240. The van der Waals surface area contributed by atoms with Gasteiger partial charge in [-0.25, -0.2) is 0 Å². The molecule has 68 valence electrons. The van der Waals surface area contributed by atoms with E-state index >= 15 is 0 Å². The standard InChI is InChI=1S/C9H22N2/c1-6-7-11(5)8-9(2,3)10-4/h10H,6-8H2,1-5H3. The molecule has 2 heteroatoms. The molecule has 0 aliphatic heterocycles. The Balaban J connectivity index is 3.64. The topological polar surface area (TPSA) is 15.3 Å². The highest BCUT2D eigenvalue weighted by molar-refractivity contribution is 4.78. The van der Waals surface area contributed by atoms with Gasteiger partial charge in [0.2, 0.25) is 0 Å². The summed E-state index contributed by atoms with van der Waals surface area (Å²) in [6, 6.07) is 0. The van der Waals surface area contributed by atoms with E-state index in [9.17, 15) is 0 Å². The van der Waals surface area contributed by atoms with Gasteiger partial charge in [0, 0.05) is 12.1 Å². The summed E-state index contributed by atoms with van der Waals surface area (Å²) in [6.45, 7) is 8.95. The zero-order valence-electron chi connectivity index (χ0n) is 8.57. The zero-order valence-corrected chi connectivity index (χ0v) is 8.57. The lowest BCUT2D eigenvalue weighted by molar-refractivity contribution is 0.245. The second-order valence-electron chi connectivity index (χ2n) is 3.87. The fraction of sp³-hybridized carbons (Fsp3) is 1.00. The van der Waals surface area contributed by atoms with E-state index in [0.29, 0.717) is 0 Å². The van der Waals surface area contributed by atoms with Crippen LogP contribution in [0.1, 0.15) is 27.2 Å². The molecule has 0 saturated carbocycles. The normalized spacial score (nSPS) is 12.5. The largest absolute Gasteiger partial charge is 0.314 e. The highest BCUT2D eigenvalue weighted by Crippen LogP contribution is 2.02. The summed E-state index contributed by atoms with van der Waals surface area (Å²) in [5.74, 6) is 0. The van der Waals surface area contributed by atoms with Crippen LogP contribution in [0.4, 0.5) is 0 Å². The molecule has 0 aromatic carbocycles. The second kappa shape index (κ2) is 4.73. The van der Waals surface area contributed by atoms with Crippen LogP contribution in [0.5, 0.6) is 0 Å². The number of likely N-dealkylation sites (N-methyl/N-ethyl adjacent to an activating group) is 2.